The Bertz CT molecular complexity index is 186. The topological polar surface area (TPSA) is 46.3 Å². The smallest absolute Gasteiger partial charge is 0.239 e. The van der Waals surface area contributed by atoms with E-state index < -0.39 is 0 Å². The molecule has 0 aromatic heterocycles. The highest BCUT2D eigenvalue weighted by molar-refractivity contribution is 6.13. The number of rotatable bonds is 3. The van der Waals surface area contributed by atoms with Crippen molar-refractivity contribution in [2.24, 2.45) is 5.73 Å². The number of nitrogens with zero attached hydrogens (tertiary/aromatic N) is 1. The van der Waals surface area contributed by atoms with E-state index in [-0.39, 0.29) is 17.9 Å². The molecular weight excluding hydrogens is 163 g/mol. The number of carbonyl (C=O) groups excluding carboxylic acids is 1. The highest BCUT2D eigenvalue weighted by atomic mass is 16.2. The Morgan fingerprint density at radius 3 is 2.92 bits per heavy atom. The molecule has 1 fully saturated rings. The Morgan fingerprint density at radius 2 is 2.46 bits per heavy atom. The summed E-state index contributed by atoms with van der Waals surface area (Å²) in [7, 11) is 5.76. The van der Waals surface area contributed by atoms with Gasteiger partial charge in [-0.05, 0) is 25.2 Å². The second kappa shape index (κ2) is 4.65. The number of amides is 1. The largest absolute Gasteiger partial charge is 0.347 e. The summed E-state index contributed by atoms with van der Waals surface area (Å²) < 4.78 is 0. The highest BCUT2D eigenvalue weighted by Crippen LogP contribution is 2.15. The first kappa shape index (κ1) is 10.6. The van der Waals surface area contributed by atoms with Crippen LogP contribution < -0.4 is 5.73 Å². The van der Waals surface area contributed by atoms with Gasteiger partial charge in [0.05, 0.1) is 13.9 Å². The first-order chi connectivity index (χ1) is 6.16. The van der Waals surface area contributed by atoms with Crippen LogP contribution in [0.1, 0.15) is 32.6 Å². The third-order valence-electron chi connectivity index (χ3n) is 2.50. The zero-order chi connectivity index (χ0) is 9.84. The summed E-state index contributed by atoms with van der Waals surface area (Å²) in [6.45, 7) is 2.80. The van der Waals surface area contributed by atoms with Crippen LogP contribution in [0.3, 0.4) is 0 Å². The number of nitrogens with two attached hydrogens (primary N) is 1. The third-order valence-corrected chi connectivity index (χ3v) is 2.50. The van der Waals surface area contributed by atoms with Gasteiger partial charge < -0.3 is 10.6 Å². The molecule has 1 rings (SSSR count). The average Bonchev–Trinajstić information content (AvgIpc) is 2.50. The maximum Gasteiger partial charge on any atom is 0.239 e. The Balaban J connectivity index is 2.46. The van der Waals surface area contributed by atoms with Crippen molar-refractivity contribution < 1.29 is 4.79 Å². The van der Waals surface area contributed by atoms with E-state index in [1.54, 1.807) is 4.90 Å². The van der Waals surface area contributed by atoms with Crippen molar-refractivity contribution in [1.29, 1.82) is 0 Å². The minimum atomic E-state index is -0.353. The minimum absolute atomic E-state index is 0.0202. The molecule has 2 unspecified atom stereocenters. The first-order valence-electron chi connectivity index (χ1n) is 4.98. The monoisotopic (exact) mass is 180 g/mol. The lowest BCUT2D eigenvalue weighted by Crippen LogP contribution is -2.46. The molecule has 0 aliphatic carbocycles. The normalized spacial score (nSPS) is 24.8. The molecule has 72 valence electrons. The van der Waals surface area contributed by atoms with Crippen molar-refractivity contribution in [3.63, 3.8) is 0 Å². The van der Waals surface area contributed by atoms with Crippen molar-refractivity contribution in [3.8, 4) is 0 Å². The summed E-state index contributed by atoms with van der Waals surface area (Å²) in [6.07, 6.45) is 3.61. The van der Waals surface area contributed by atoms with Crippen LogP contribution in [0.25, 0.3) is 0 Å². The fraction of sp³-hybridized carbons (Fsp3) is 0.889. The van der Waals surface area contributed by atoms with Crippen molar-refractivity contribution >= 4 is 13.8 Å². The van der Waals surface area contributed by atoms with E-state index in [4.69, 9.17) is 13.6 Å². The van der Waals surface area contributed by atoms with E-state index in [0.29, 0.717) is 0 Å². The summed E-state index contributed by atoms with van der Waals surface area (Å²) in [5.41, 5.74) is 5.72. The van der Waals surface area contributed by atoms with Gasteiger partial charge in [0.1, 0.15) is 0 Å². The quantitative estimate of drug-likeness (QED) is 0.632. The van der Waals surface area contributed by atoms with Crippen molar-refractivity contribution in [2.45, 2.75) is 44.6 Å². The molecule has 0 aromatic rings. The molecule has 1 saturated heterocycles. The lowest BCUT2D eigenvalue weighted by atomic mass is 9.93. The van der Waals surface area contributed by atoms with Gasteiger partial charge in [-0.2, -0.15) is 0 Å². The molecule has 0 spiro atoms. The second-order valence-corrected chi connectivity index (χ2v) is 3.64. The molecule has 1 amide bonds. The molecule has 3 nitrogen and oxygen atoms in total. The van der Waals surface area contributed by atoms with Crippen molar-refractivity contribution in [3.05, 3.63) is 0 Å². The average molecular weight is 180 g/mol. The Labute approximate surface area is 81.1 Å². The first-order valence-corrected chi connectivity index (χ1v) is 4.98. The van der Waals surface area contributed by atoms with Crippen LogP contribution in [0.15, 0.2) is 0 Å². The summed E-state index contributed by atoms with van der Waals surface area (Å²) in [6, 6.07) is -0.353. The van der Waals surface area contributed by atoms with E-state index in [1.807, 2.05) is 6.92 Å². The maximum absolute atomic E-state index is 11.7. The molecule has 2 N–H and O–H groups in total. The van der Waals surface area contributed by atoms with Crippen LogP contribution in [0.2, 0.25) is 0 Å². The predicted molar refractivity (Wildman–Crippen MR) is 53.4 cm³/mol. The van der Waals surface area contributed by atoms with E-state index in [1.165, 1.54) is 0 Å². The van der Waals surface area contributed by atoms with Gasteiger partial charge in [-0.25, -0.2) is 0 Å². The van der Waals surface area contributed by atoms with Crippen molar-refractivity contribution in [1.82, 2.24) is 4.90 Å². The second-order valence-electron chi connectivity index (χ2n) is 3.64. The van der Waals surface area contributed by atoms with Crippen LogP contribution in [0.4, 0.5) is 0 Å². The molecule has 1 aliphatic rings. The molecule has 13 heavy (non-hydrogen) atoms. The SMILES string of the molecule is [B]C1CCCN1C(=O)C(N)CCC. The van der Waals surface area contributed by atoms with Gasteiger partial charge in [0.25, 0.3) is 0 Å². The molecule has 1 aliphatic heterocycles. The van der Waals surface area contributed by atoms with Crippen LogP contribution >= 0.6 is 0 Å². The maximum atomic E-state index is 11.7. The number of likely N-dealkylation sites (tertiary alicyclic amines) is 1. The number of carbonyl (C=O) groups is 1. The molecular formula is C9H17BN2O. The van der Waals surface area contributed by atoms with Gasteiger partial charge in [0.15, 0.2) is 0 Å². The van der Waals surface area contributed by atoms with Gasteiger partial charge in [0.2, 0.25) is 5.91 Å². The van der Waals surface area contributed by atoms with Crippen molar-refractivity contribution in [2.75, 3.05) is 6.54 Å². The zero-order valence-corrected chi connectivity index (χ0v) is 8.20. The summed E-state index contributed by atoms with van der Waals surface area (Å²) in [4.78, 5) is 13.4. The fourth-order valence-electron chi connectivity index (χ4n) is 1.71. The third kappa shape index (κ3) is 2.47. The van der Waals surface area contributed by atoms with E-state index in [2.05, 4.69) is 0 Å². The molecule has 2 atom stereocenters. The van der Waals surface area contributed by atoms with E-state index in [9.17, 15) is 4.79 Å². The van der Waals surface area contributed by atoms with E-state index in [0.717, 1.165) is 32.2 Å². The summed E-state index contributed by atoms with van der Waals surface area (Å²) in [5.74, 6) is -0.0812. The van der Waals surface area contributed by atoms with E-state index >= 15 is 0 Å². The van der Waals surface area contributed by atoms with Gasteiger partial charge in [-0.15, -0.1) is 0 Å². The van der Waals surface area contributed by atoms with Crippen LogP contribution in [-0.2, 0) is 4.79 Å². The zero-order valence-electron chi connectivity index (χ0n) is 8.20. The van der Waals surface area contributed by atoms with Crippen LogP contribution in [0.5, 0.6) is 0 Å². The number of hydrogen-bond donors (Lipinski definition) is 1. The Kier molecular flexibility index (Phi) is 3.79. The molecule has 0 saturated carbocycles. The van der Waals surface area contributed by atoms with Gasteiger partial charge in [-0.1, -0.05) is 13.3 Å². The Morgan fingerprint density at radius 1 is 1.77 bits per heavy atom. The molecule has 0 bridgehead atoms. The summed E-state index contributed by atoms with van der Waals surface area (Å²) in [5, 5.41) is 0. The molecule has 0 aromatic carbocycles. The lowest BCUT2D eigenvalue weighted by Gasteiger charge is -2.25. The number of hydrogen-bond acceptors (Lipinski definition) is 2. The standard InChI is InChI=1S/C9H17BN2O/c1-2-4-7(11)9(13)12-6-3-5-8(12)10/h7-8H,2-6,11H2,1H3. The van der Waals surface area contributed by atoms with Gasteiger partial charge in [0, 0.05) is 6.54 Å². The van der Waals surface area contributed by atoms with Crippen LogP contribution in [0, 0.1) is 0 Å². The predicted octanol–water partition coefficient (Wildman–Crippen LogP) is 0.231. The van der Waals surface area contributed by atoms with Gasteiger partial charge in [-0.3, -0.25) is 4.79 Å². The molecule has 4 heteroatoms. The Hall–Kier alpha value is -0.505. The summed E-state index contributed by atoms with van der Waals surface area (Å²) >= 11 is 0. The highest BCUT2D eigenvalue weighted by Gasteiger charge is 2.27. The fourth-order valence-corrected chi connectivity index (χ4v) is 1.71. The lowest BCUT2D eigenvalue weighted by molar-refractivity contribution is -0.132. The van der Waals surface area contributed by atoms with Gasteiger partial charge >= 0.3 is 0 Å². The molecule has 1 heterocycles. The minimum Gasteiger partial charge on any atom is -0.347 e. The van der Waals surface area contributed by atoms with Crippen LogP contribution in [-0.4, -0.2) is 37.2 Å². The molecule has 2 radical (unpaired) electrons.